The molecule has 5 heteroatoms. The summed E-state index contributed by atoms with van der Waals surface area (Å²) in [6.45, 7) is 8.60. The fourth-order valence-electron chi connectivity index (χ4n) is 6.51. The zero-order chi connectivity index (χ0) is 33.5. The second kappa shape index (κ2) is 13.5. The van der Waals surface area contributed by atoms with E-state index in [1.165, 1.54) is 16.7 Å². The van der Waals surface area contributed by atoms with Crippen LogP contribution in [0, 0.1) is 26.0 Å². The number of aromatic nitrogens is 2. The fourth-order valence-corrected chi connectivity index (χ4v) is 6.51. The molecule has 0 saturated carbocycles. The van der Waals surface area contributed by atoms with Crippen molar-refractivity contribution in [2.24, 2.45) is 0 Å². The maximum absolute atomic E-state index is 6.34. The number of benzene rings is 5. The van der Waals surface area contributed by atoms with Gasteiger partial charge in [-0.05, 0) is 65.7 Å². The van der Waals surface area contributed by atoms with Crippen LogP contribution >= 0.6 is 0 Å². The van der Waals surface area contributed by atoms with Gasteiger partial charge in [-0.25, -0.2) is 0 Å². The van der Waals surface area contributed by atoms with Crippen molar-refractivity contribution in [2.75, 3.05) is 0 Å². The quantitative estimate of drug-likeness (QED) is 0.166. The minimum atomic E-state index is -0.107. The van der Waals surface area contributed by atoms with Crippen molar-refractivity contribution >= 4 is 43.9 Å². The second-order valence-electron chi connectivity index (χ2n) is 13.0. The van der Waals surface area contributed by atoms with E-state index >= 15 is 0 Å². The molecule has 4 heterocycles. The Balaban J connectivity index is 0.000000160. The summed E-state index contributed by atoms with van der Waals surface area (Å²) in [4.78, 5) is 8.97. The molecule has 9 aromatic rings. The molecule has 5 aromatic carbocycles. The summed E-state index contributed by atoms with van der Waals surface area (Å²) in [7, 11) is 0. The van der Waals surface area contributed by atoms with Gasteiger partial charge in [-0.15, -0.1) is 36.4 Å². The average molecular weight is 827 g/mol. The van der Waals surface area contributed by atoms with E-state index < -0.39 is 0 Å². The Morgan fingerprint density at radius 1 is 0.540 bits per heavy atom. The summed E-state index contributed by atoms with van der Waals surface area (Å²) < 4.78 is 12.4. The van der Waals surface area contributed by atoms with Crippen LogP contribution in [0.2, 0.25) is 0 Å². The first-order valence-electron chi connectivity index (χ1n) is 16.5. The van der Waals surface area contributed by atoms with Crippen LogP contribution < -0.4 is 0 Å². The van der Waals surface area contributed by atoms with E-state index in [1.54, 1.807) is 6.20 Å². The third-order valence-electron chi connectivity index (χ3n) is 9.33. The molecule has 247 valence electrons. The van der Waals surface area contributed by atoms with Gasteiger partial charge in [0, 0.05) is 48.7 Å². The van der Waals surface area contributed by atoms with Crippen molar-refractivity contribution in [3.05, 3.63) is 168 Å². The van der Waals surface area contributed by atoms with Crippen LogP contribution in [0.25, 0.3) is 66.4 Å². The van der Waals surface area contributed by atoms with Crippen molar-refractivity contribution in [3.63, 3.8) is 0 Å². The summed E-state index contributed by atoms with van der Waals surface area (Å²) in [6, 6.07) is 48.0. The standard InChI is InChI=1S/C26H20NO.C19H14NO.Ir/c1-26(2,18-9-4-3-5-10-18)19-14-15-20-21-11-8-12-22(23-13-6-7-16-27-23)25(21)28-24(20)17-19;1-12-6-8-14-15-4-3-5-16(19(15)21-18(14)10-12)17-9-7-13(2)11-20-17;/h3-11,13-17H,1-2H3;3-4,6-11H,1-2H3;/q2*-1;. The van der Waals surface area contributed by atoms with Crippen LogP contribution in [-0.4, -0.2) is 9.97 Å². The Labute approximate surface area is 305 Å². The number of aryl methyl sites for hydroxylation is 2. The van der Waals surface area contributed by atoms with Gasteiger partial charge in [0.1, 0.15) is 11.2 Å². The molecule has 4 nitrogen and oxygen atoms in total. The number of rotatable bonds is 4. The largest absolute Gasteiger partial charge is 0.501 e. The number of hydrogen-bond acceptors (Lipinski definition) is 4. The summed E-state index contributed by atoms with van der Waals surface area (Å²) in [5, 5.41) is 4.46. The molecular formula is C45H34IrN2O2-2. The molecular weight excluding hydrogens is 793 g/mol. The molecule has 0 saturated heterocycles. The molecule has 0 aliphatic heterocycles. The number of furan rings is 2. The topological polar surface area (TPSA) is 52.1 Å². The molecule has 0 unspecified atom stereocenters. The van der Waals surface area contributed by atoms with Crippen LogP contribution in [0.4, 0.5) is 0 Å². The van der Waals surface area contributed by atoms with E-state index in [1.807, 2.05) is 55.6 Å². The number of nitrogens with zero attached hydrogens (tertiary/aromatic N) is 2. The first-order valence-corrected chi connectivity index (χ1v) is 16.5. The van der Waals surface area contributed by atoms with Crippen LogP contribution in [0.1, 0.15) is 36.1 Å². The van der Waals surface area contributed by atoms with Gasteiger partial charge in [0.2, 0.25) is 0 Å². The third-order valence-corrected chi connectivity index (χ3v) is 9.33. The van der Waals surface area contributed by atoms with Gasteiger partial charge in [-0.2, -0.15) is 0 Å². The molecule has 9 rings (SSSR count). The van der Waals surface area contributed by atoms with Crippen LogP contribution in [0.3, 0.4) is 0 Å². The van der Waals surface area contributed by atoms with Gasteiger partial charge in [-0.1, -0.05) is 115 Å². The van der Waals surface area contributed by atoms with E-state index in [9.17, 15) is 0 Å². The van der Waals surface area contributed by atoms with E-state index in [0.717, 1.165) is 72.0 Å². The molecule has 4 aromatic heterocycles. The molecule has 0 bridgehead atoms. The predicted octanol–water partition coefficient (Wildman–Crippen LogP) is 11.8. The SMILES string of the molecule is CC(C)(c1ccccc1)c1ccc2c(c1)oc1c(-c3ccccn3)[c-]ccc12.Cc1ccc(-c2[c-]ccc3c2oc2cc(C)ccc23)nc1.[Ir]. The van der Waals surface area contributed by atoms with E-state index in [4.69, 9.17) is 8.83 Å². The van der Waals surface area contributed by atoms with Crippen molar-refractivity contribution in [2.45, 2.75) is 33.1 Å². The first-order chi connectivity index (χ1) is 23.9. The van der Waals surface area contributed by atoms with Crippen molar-refractivity contribution in [3.8, 4) is 22.5 Å². The number of hydrogen-bond donors (Lipinski definition) is 0. The van der Waals surface area contributed by atoms with Crippen LogP contribution in [0.5, 0.6) is 0 Å². The Hall–Kier alpha value is -5.35. The summed E-state index contributed by atoms with van der Waals surface area (Å²) in [5.74, 6) is 0. The maximum atomic E-state index is 6.34. The predicted molar refractivity (Wildman–Crippen MR) is 200 cm³/mol. The van der Waals surface area contributed by atoms with Crippen LogP contribution in [0.15, 0.2) is 143 Å². The molecule has 0 N–H and O–H groups in total. The Morgan fingerprint density at radius 2 is 1.14 bits per heavy atom. The Morgan fingerprint density at radius 3 is 1.76 bits per heavy atom. The molecule has 0 aliphatic rings. The Kier molecular flexibility index (Phi) is 8.96. The molecule has 0 amide bonds. The summed E-state index contributed by atoms with van der Waals surface area (Å²) in [6.07, 6.45) is 3.67. The van der Waals surface area contributed by atoms with E-state index in [2.05, 4.69) is 122 Å². The zero-order valence-corrected chi connectivity index (χ0v) is 30.6. The molecule has 0 aliphatic carbocycles. The molecule has 0 spiro atoms. The van der Waals surface area contributed by atoms with Crippen molar-refractivity contribution in [1.29, 1.82) is 0 Å². The second-order valence-corrected chi connectivity index (χ2v) is 13.0. The minimum Gasteiger partial charge on any atom is -0.501 e. The first kappa shape index (κ1) is 33.2. The van der Waals surface area contributed by atoms with Gasteiger partial charge < -0.3 is 18.8 Å². The van der Waals surface area contributed by atoms with Crippen molar-refractivity contribution in [1.82, 2.24) is 9.97 Å². The van der Waals surface area contributed by atoms with Gasteiger partial charge in [-0.3, -0.25) is 0 Å². The zero-order valence-electron chi connectivity index (χ0n) is 28.2. The normalized spacial score (nSPS) is 11.4. The number of fused-ring (bicyclic) bond motifs is 6. The minimum absolute atomic E-state index is 0. The molecule has 1 radical (unpaired) electrons. The summed E-state index contributed by atoms with van der Waals surface area (Å²) >= 11 is 0. The van der Waals surface area contributed by atoms with E-state index in [-0.39, 0.29) is 25.5 Å². The van der Waals surface area contributed by atoms with Gasteiger partial charge >= 0.3 is 0 Å². The molecule has 50 heavy (non-hydrogen) atoms. The van der Waals surface area contributed by atoms with Crippen LogP contribution in [-0.2, 0) is 25.5 Å². The van der Waals surface area contributed by atoms with Gasteiger partial charge in [0.25, 0.3) is 0 Å². The van der Waals surface area contributed by atoms with Gasteiger partial charge in [0.15, 0.2) is 0 Å². The molecule has 0 atom stereocenters. The smallest absolute Gasteiger partial charge is 0.121 e. The molecule has 0 fully saturated rings. The average Bonchev–Trinajstić information content (AvgIpc) is 3.70. The maximum Gasteiger partial charge on any atom is 0.121 e. The van der Waals surface area contributed by atoms with Gasteiger partial charge in [0.05, 0.1) is 11.2 Å². The summed E-state index contributed by atoms with van der Waals surface area (Å²) in [5.41, 5.74) is 11.8. The number of pyridine rings is 2. The van der Waals surface area contributed by atoms with E-state index in [0.29, 0.717) is 0 Å². The Bertz CT molecular complexity index is 2590. The fraction of sp³-hybridized carbons (Fsp3) is 0.111. The van der Waals surface area contributed by atoms with Crippen molar-refractivity contribution < 1.29 is 28.9 Å². The monoisotopic (exact) mass is 827 g/mol. The third kappa shape index (κ3) is 6.04.